The summed E-state index contributed by atoms with van der Waals surface area (Å²) >= 11 is 0. The Morgan fingerprint density at radius 3 is 2.76 bits per heavy atom. The van der Waals surface area contributed by atoms with Crippen molar-refractivity contribution in [1.82, 2.24) is 14.3 Å². The van der Waals surface area contributed by atoms with Crippen molar-refractivity contribution in [2.45, 2.75) is 18.0 Å². The quantitative estimate of drug-likeness (QED) is 0.803. The van der Waals surface area contributed by atoms with Crippen molar-refractivity contribution in [3.63, 3.8) is 0 Å². The van der Waals surface area contributed by atoms with Gasteiger partial charge in [0.05, 0.1) is 13.7 Å². The predicted molar refractivity (Wildman–Crippen MR) is 78.1 cm³/mol. The van der Waals surface area contributed by atoms with Crippen LogP contribution in [0.3, 0.4) is 0 Å². The van der Waals surface area contributed by atoms with Crippen LogP contribution in [0.5, 0.6) is 5.75 Å². The molecule has 0 saturated heterocycles. The van der Waals surface area contributed by atoms with Gasteiger partial charge in [0.15, 0.2) is 0 Å². The van der Waals surface area contributed by atoms with Crippen LogP contribution >= 0.6 is 0 Å². The Bertz CT molecular complexity index is 725. The summed E-state index contributed by atoms with van der Waals surface area (Å²) in [7, 11) is -0.467. The number of aryl methyl sites for hydroxylation is 1. The highest BCUT2D eigenvalue weighted by atomic mass is 32.2. The summed E-state index contributed by atoms with van der Waals surface area (Å²) in [6.45, 7) is 0.422. The molecule has 0 aliphatic rings. The predicted octanol–water partition coefficient (Wildman–Crippen LogP) is 0.366. The molecule has 0 atom stereocenters. The van der Waals surface area contributed by atoms with E-state index in [-0.39, 0.29) is 17.2 Å². The van der Waals surface area contributed by atoms with Gasteiger partial charge in [-0.05, 0) is 17.7 Å². The van der Waals surface area contributed by atoms with Gasteiger partial charge in [-0.2, -0.15) is 0 Å². The highest BCUT2D eigenvalue weighted by Gasteiger charge is 2.20. The van der Waals surface area contributed by atoms with Crippen molar-refractivity contribution >= 4 is 10.0 Å². The molecule has 2 aromatic rings. The summed E-state index contributed by atoms with van der Waals surface area (Å²) in [6, 6.07) is 4.77. The molecular weight excluding hydrogens is 292 g/mol. The van der Waals surface area contributed by atoms with Crippen LogP contribution < -0.4 is 15.2 Å². The fraction of sp³-hybridized carbons (Fsp3) is 0.308. The van der Waals surface area contributed by atoms with Crippen LogP contribution in [0.4, 0.5) is 0 Å². The Morgan fingerprint density at radius 1 is 1.43 bits per heavy atom. The van der Waals surface area contributed by atoms with Crippen molar-refractivity contribution in [2.75, 3.05) is 7.11 Å². The summed E-state index contributed by atoms with van der Waals surface area (Å²) in [4.78, 5) is 4.15. The van der Waals surface area contributed by atoms with E-state index >= 15 is 0 Å². The summed E-state index contributed by atoms with van der Waals surface area (Å²) in [5, 5.41) is 0. The second-order valence-corrected chi connectivity index (χ2v) is 6.20. The van der Waals surface area contributed by atoms with Crippen LogP contribution in [0.15, 0.2) is 35.5 Å². The largest absolute Gasteiger partial charge is 0.495 e. The first-order chi connectivity index (χ1) is 9.97. The Hall–Kier alpha value is -1.90. The average Bonchev–Trinajstić information content (AvgIpc) is 2.89. The molecule has 0 saturated carbocycles. The summed E-state index contributed by atoms with van der Waals surface area (Å²) in [6.07, 6.45) is 3.36. The van der Waals surface area contributed by atoms with Crippen LogP contribution in [-0.2, 0) is 30.2 Å². The Morgan fingerprint density at radius 2 is 2.19 bits per heavy atom. The number of hydrogen-bond acceptors (Lipinski definition) is 5. The van der Waals surface area contributed by atoms with E-state index in [0.717, 1.165) is 5.56 Å². The zero-order chi connectivity index (χ0) is 15.5. The zero-order valence-electron chi connectivity index (χ0n) is 11.9. The van der Waals surface area contributed by atoms with Crippen LogP contribution in [0.2, 0.25) is 0 Å². The van der Waals surface area contributed by atoms with Crippen LogP contribution in [-0.4, -0.2) is 25.1 Å². The highest BCUT2D eigenvalue weighted by molar-refractivity contribution is 7.89. The van der Waals surface area contributed by atoms with Gasteiger partial charge < -0.3 is 15.0 Å². The molecule has 0 fully saturated rings. The fourth-order valence-corrected chi connectivity index (χ4v) is 2.99. The third-order valence-corrected chi connectivity index (χ3v) is 4.54. The number of nitrogens with two attached hydrogens (primary N) is 1. The van der Waals surface area contributed by atoms with Crippen molar-refractivity contribution in [3.05, 3.63) is 42.0 Å². The van der Waals surface area contributed by atoms with Crippen LogP contribution in [0.1, 0.15) is 11.4 Å². The van der Waals surface area contributed by atoms with Gasteiger partial charge in [0.25, 0.3) is 0 Å². The maximum Gasteiger partial charge on any atom is 0.244 e. The number of hydrogen-bond donors (Lipinski definition) is 2. The lowest BCUT2D eigenvalue weighted by Gasteiger charge is -2.12. The molecule has 7 nitrogen and oxygen atoms in total. The first-order valence-corrected chi connectivity index (χ1v) is 7.79. The van der Waals surface area contributed by atoms with Gasteiger partial charge in [-0.1, -0.05) is 6.07 Å². The molecule has 0 spiro atoms. The number of nitrogens with zero attached hydrogens (tertiary/aromatic N) is 2. The molecule has 3 N–H and O–H groups in total. The Balaban J connectivity index is 2.25. The van der Waals surface area contributed by atoms with E-state index in [0.29, 0.717) is 12.4 Å². The van der Waals surface area contributed by atoms with Gasteiger partial charge in [0, 0.05) is 26.0 Å². The van der Waals surface area contributed by atoms with E-state index in [4.69, 9.17) is 10.5 Å². The first kappa shape index (κ1) is 15.5. The lowest BCUT2D eigenvalue weighted by atomic mass is 10.2. The van der Waals surface area contributed by atoms with E-state index in [1.165, 1.54) is 13.2 Å². The van der Waals surface area contributed by atoms with Crippen LogP contribution in [0, 0.1) is 0 Å². The van der Waals surface area contributed by atoms with Crippen LogP contribution in [0.25, 0.3) is 0 Å². The molecule has 1 heterocycles. The van der Waals surface area contributed by atoms with Crippen molar-refractivity contribution in [1.29, 1.82) is 0 Å². The molecule has 0 amide bonds. The third kappa shape index (κ3) is 3.41. The molecular formula is C13H18N4O3S. The minimum Gasteiger partial charge on any atom is -0.495 e. The molecule has 1 aromatic heterocycles. The molecule has 0 aliphatic heterocycles. The second-order valence-electron chi connectivity index (χ2n) is 4.47. The minimum atomic E-state index is -3.69. The fourth-order valence-electron chi connectivity index (χ4n) is 1.87. The maximum absolute atomic E-state index is 12.4. The number of benzene rings is 1. The maximum atomic E-state index is 12.4. The van der Waals surface area contributed by atoms with Crippen molar-refractivity contribution < 1.29 is 13.2 Å². The molecule has 2 rings (SSSR count). The van der Waals surface area contributed by atoms with E-state index in [2.05, 4.69) is 9.71 Å². The van der Waals surface area contributed by atoms with E-state index in [9.17, 15) is 8.42 Å². The van der Waals surface area contributed by atoms with E-state index in [1.54, 1.807) is 36.1 Å². The van der Waals surface area contributed by atoms with Gasteiger partial charge >= 0.3 is 0 Å². The van der Waals surface area contributed by atoms with Crippen molar-refractivity contribution in [2.24, 2.45) is 12.8 Å². The molecule has 0 unspecified atom stereocenters. The Kier molecular flexibility index (Phi) is 4.61. The summed E-state index contributed by atoms with van der Waals surface area (Å²) in [5.41, 5.74) is 6.34. The van der Waals surface area contributed by atoms with Gasteiger partial charge in [-0.25, -0.2) is 18.1 Å². The normalized spacial score (nSPS) is 11.6. The SMILES string of the molecule is COc1cc(CN)ccc1S(=O)(=O)NCc1nccn1C. The lowest BCUT2D eigenvalue weighted by molar-refractivity contribution is 0.401. The third-order valence-electron chi connectivity index (χ3n) is 3.09. The van der Waals surface area contributed by atoms with Gasteiger partial charge in [0.2, 0.25) is 10.0 Å². The number of methoxy groups -OCH3 is 1. The number of ether oxygens (including phenoxy) is 1. The smallest absolute Gasteiger partial charge is 0.244 e. The number of sulfonamides is 1. The standard InChI is InChI=1S/C13H18N4O3S/c1-17-6-5-15-13(17)9-16-21(18,19)12-4-3-10(8-14)7-11(12)20-2/h3-7,16H,8-9,14H2,1-2H3. The van der Waals surface area contributed by atoms with E-state index in [1.807, 2.05) is 0 Å². The number of rotatable bonds is 6. The minimum absolute atomic E-state index is 0.0800. The molecule has 1 aromatic carbocycles. The number of nitrogens with one attached hydrogen (secondary N) is 1. The summed E-state index contributed by atoms with van der Waals surface area (Å²) in [5.74, 6) is 0.890. The monoisotopic (exact) mass is 310 g/mol. The van der Waals surface area contributed by atoms with Gasteiger partial charge in [-0.3, -0.25) is 0 Å². The first-order valence-electron chi connectivity index (χ1n) is 6.31. The topological polar surface area (TPSA) is 99.2 Å². The summed E-state index contributed by atoms with van der Waals surface area (Å²) < 4.78 is 34.1. The van der Waals surface area contributed by atoms with Crippen molar-refractivity contribution in [3.8, 4) is 5.75 Å². The molecule has 0 bridgehead atoms. The van der Waals surface area contributed by atoms with E-state index < -0.39 is 10.0 Å². The highest BCUT2D eigenvalue weighted by Crippen LogP contribution is 2.24. The molecule has 0 radical (unpaired) electrons. The number of aromatic nitrogens is 2. The molecule has 21 heavy (non-hydrogen) atoms. The lowest BCUT2D eigenvalue weighted by Crippen LogP contribution is -2.25. The van der Waals surface area contributed by atoms with Gasteiger partial charge in [-0.15, -0.1) is 0 Å². The average molecular weight is 310 g/mol. The zero-order valence-corrected chi connectivity index (χ0v) is 12.7. The van der Waals surface area contributed by atoms with Gasteiger partial charge in [0.1, 0.15) is 16.5 Å². The molecule has 0 aliphatic carbocycles. The second kappa shape index (κ2) is 6.25. The Labute approximate surface area is 123 Å². The molecule has 114 valence electrons. The number of imidazole rings is 1. The molecule has 8 heteroatoms.